The first-order valence-electron chi connectivity index (χ1n) is 13.6. The van der Waals surface area contributed by atoms with Crippen molar-refractivity contribution in [2.24, 2.45) is 32.0 Å². The molecule has 1 unspecified atom stereocenters. The fourth-order valence-corrected chi connectivity index (χ4v) is 6.08. The minimum Gasteiger partial charge on any atom is -0.346 e. The maximum Gasteiger partial charge on any atom is 0.164 e. The minimum absolute atomic E-state index is 0.312. The molecule has 9 rings (SSSR count). The molecule has 0 radical (unpaired) electrons. The van der Waals surface area contributed by atoms with E-state index in [-0.39, 0.29) is 6.17 Å². The fourth-order valence-electron chi connectivity index (χ4n) is 6.08. The number of nitrogens with one attached hydrogen (secondary N) is 2. The van der Waals surface area contributed by atoms with Crippen LogP contribution in [0.3, 0.4) is 0 Å². The number of benzene rings is 4. The van der Waals surface area contributed by atoms with Crippen molar-refractivity contribution >= 4 is 50.7 Å². The van der Waals surface area contributed by atoms with Crippen LogP contribution in [0.1, 0.15) is 28.4 Å². The summed E-state index contributed by atoms with van der Waals surface area (Å²) in [4.78, 5) is 29.0. The van der Waals surface area contributed by atoms with Crippen LogP contribution in [0.5, 0.6) is 0 Å². The maximum atomic E-state index is 5.17. The number of nitrogens with zero attached hydrogens (tertiary/aromatic N) is 6. The molecule has 5 heterocycles. The van der Waals surface area contributed by atoms with Crippen molar-refractivity contribution in [3.05, 3.63) is 130 Å². The molecule has 3 aliphatic heterocycles. The van der Waals surface area contributed by atoms with Crippen LogP contribution in [0.25, 0.3) is 21.5 Å². The predicted octanol–water partition coefficient (Wildman–Crippen LogP) is 5.32. The summed E-state index contributed by atoms with van der Waals surface area (Å²) >= 11 is 0. The summed E-state index contributed by atoms with van der Waals surface area (Å²) in [6, 6.07) is 32.8. The molecule has 0 saturated heterocycles. The quantitative estimate of drug-likeness (QED) is 0.273. The molecular weight excluding hydrogens is 508 g/mol. The number of hydrogen-bond acceptors (Lipinski definition) is 6. The van der Waals surface area contributed by atoms with E-state index >= 15 is 0 Å². The molecule has 8 nitrogen and oxygen atoms in total. The van der Waals surface area contributed by atoms with E-state index in [1.807, 2.05) is 66.2 Å². The highest BCUT2D eigenvalue weighted by molar-refractivity contribution is 6.23. The van der Waals surface area contributed by atoms with Gasteiger partial charge < -0.3 is 14.9 Å². The van der Waals surface area contributed by atoms with Crippen LogP contribution in [-0.2, 0) is 7.05 Å². The summed E-state index contributed by atoms with van der Waals surface area (Å²) in [5.74, 6) is 3.52. The zero-order valence-electron chi connectivity index (χ0n) is 22.0. The molecule has 194 valence electrons. The van der Waals surface area contributed by atoms with Crippen LogP contribution in [0.2, 0.25) is 0 Å². The standard InChI is InChI=1S/C33H22N8/c1-41-32-24-16-8-9-17-25(24)33(41)40-31-23-15-7-5-13-21(23)29(38-31)36-27-19-11-3-2-10-18(19)26(34-27)35-28-20-12-4-6-14-22(20)30(37-28)39-32/h2-17,28,34-35H,1H3. The Labute approximate surface area is 233 Å². The smallest absolute Gasteiger partial charge is 0.164 e. The van der Waals surface area contributed by atoms with Crippen LogP contribution in [0, 0.1) is 0 Å². The number of aliphatic imine (C=N–C) groups is 3. The van der Waals surface area contributed by atoms with Crippen LogP contribution in [0.15, 0.2) is 122 Å². The predicted molar refractivity (Wildman–Crippen MR) is 162 cm³/mol. The summed E-state index contributed by atoms with van der Waals surface area (Å²) < 4.78 is 2.04. The van der Waals surface area contributed by atoms with E-state index < -0.39 is 0 Å². The molecule has 0 spiro atoms. The first kappa shape index (κ1) is 22.2. The summed E-state index contributed by atoms with van der Waals surface area (Å²) in [7, 11) is 2.00. The Hall–Kier alpha value is -5.63. The second-order valence-corrected chi connectivity index (χ2v) is 10.4. The van der Waals surface area contributed by atoms with Crippen LogP contribution in [-0.4, -0.2) is 27.1 Å². The Balaban J connectivity index is 1.42. The molecule has 41 heavy (non-hydrogen) atoms. The first-order chi connectivity index (χ1) is 20.2. The van der Waals surface area contributed by atoms with Crippen molar-refractivity contribution in [1.82, 2.24) is 9.55 Å². The topological polar surface area (TPSA) is 94.5 Å². The molecule has 4 aromatic carbocycles. The number of hydrogen-bond donors (Lipinski definition) is 2. The molecule has 1 atom stereocenters. The van der Waals surface area contributed by atoms with E-state index in [1.165, 1.54) is 0 Å². The van der Waals surface area contributed by atoms with Gasteiger partial charge >= 0.3 is 0 Å². The second kappa shape index (κ2) is 8.19. The van der Waals surface area contributed by atoms with Crippen molar-refractivity contribution in [2.45, 2.75) is 6.17 Å². The number of amidine groups is 3. The lowest BCUT2D eigenvalue weighted by molar-refractivity contribution is 0.819. The molecule has 0 amide bonds. The van der Waals surface area contributed by atoms with E-state index in [1.54, 1.807) is 0 Å². The number of rotatable bonds is 0. The SMILES string of the molecule is Cn1c2c3ccccc3c1=NC1=NC(Nc3[nH]c(c4ccccc34)N=C3N=C(N=2)c2ccccc23)c2ccccc21. The van der Waals surface area contributed by atoms with Gasteiger partial charge in [0.1, 0.15) is 28.8 Å². The van der Waals surface area contributed by atoms with Gasteiger partial charge in [-0.15, -0.1) is 0 Å². The van der Waals surface area contributed by atoms with Gasteiger partial charge in [0.2, 0.25) is 0 Å². The van der Waals surface area contributed by atoms with Crippen LogP contribution in [0.4, 0.5) is 11.6 Å². The van der Waals surface area contributed by atoms with Gasteiger partial charge in [-0.05, 0) is 0 Å². The van der Waals surface area contributed by atoms with E-state index in [0.717, 1.165) is 66.4 Å². The van der Waals surface area contributed by atoms with E-state index in [9.17, 15) is 0 Å². The summed E-state index contributed by atoms with van der Waals surface area (Å²) in [5.41, 5.74) is 5.57. The summed E-state index contributed by atoms with van der Waals surface area (Å²) in [6.45, 7) is 0. The molecule has 0 fully saturated rings. The summed E-state index contributed by atoms with van der Waals surface area (Å²) in [5, 5.41) is 7.70. The van der Waals surface area contributed by atoms with Crippen molar-refractivity contribution in [3.63, 3.8) is 0 Å². The van der Waals surface area contributed by atoms with Gasteiger partial charge in [0, 0.05) is 50.8 Å². The number of H-pyrrole nitrogens is 1. The molecule has 8 bridgehead atoms. The fraction of sp³-hybridized carbons (Fsp3) is 0.0606. The van der Waals surface area contributed by atoms with Gasteiger partial charge in [-0.25, -0.2) is 25.0 Å². The third-order valence-electron chi connectivity index (χ3n) is 8.03. The Morgan fingerprint density at radius 1 is 0.561 bits per heavy atom. The Morgan fingerprint density at radius 3 is 1.85 bits per heavy atom. The Kier molecular flexibility index (Phi) is 4.44. The minimum atomic E-state index is -0.312. The number of anilines is 1. The lowest BCUT2D eigenvalue weighted by Crippen LogP contribution is -2.26. The zero-order chi connectivity index (χ0) is 27.1. The van der Waals surface area contributed by atoms with E-state index in [4.69, 9.17) is 25.0 Å². The Bertz CT molecular complexity index is 2310. The number of aromatic amines is 1. The highest BCUT2D eigenvalue weighted by Crippen LogP contribution is 2.37. The van der Waals surface area contributed by atoms with Gasteiger partial charge in [0.25, 0.3) is 0 Å². The second-order valence-electron chi connectivity index (χ2n) is 10.4. The average Bonchev–Trinajstić information content (AvgIpc) is 3.72. The molecule has 3 aliphatic rings. The molecule has 6 aromatic rings. The zero-order valence-corrected chi connectivity index (χ0v) is 22.0. The average molecular weight is 531 g/mol. The molecule has 2 N–H and O–H groups in total. The summed E-state index contributed by atoms with van der Waals surface area (Å²) in [6.07, 6.45) is -0.312. The number of fused-ring (bicyclic) bond motifs is 18. The van der Waals surface area contributed by atoms with Crippen molar-refractivity contribution < 1.29 is 0 Å². The van der Waals surface area contributed by atoms with Crippen LogP contribution >= 0.6 is 0 Å². The van der Waals surface area contributed by atoms with Crippen molar-refractivity contribution in [2.75, 3.05) is 5.32 Å². The third-order valence-corrected chi connectivity index (χ3v) is 8.03. The van der Waals surface area contributed by atoms with Gasteiger partial charge in [0.05, 0.1) is 0 Å². The molecule has 8 heteroatoms. The van der Waals surface area contributed by atoms with Crippen LogP contribution < -0.4 is 16.3 Å². The van der Waals surface area contributed by atoms with Gasteiger partial charge in [-0.3, -0.25) is 0 Å². The largest absolute Gasteiger partial charge is 0.346 e. The van der Waals surface area contributed by atoms with Crippen molar-refractivity contribution in [3.8, 4) is 0 Å². The highest BCUT2D eigenvalue weighted by Gasteiger charge is 2.27. The normalized spacial score (nSPS) is 16.7. The first-order valence-corrected chi connectivity index (χ1v) is 13.6. The number of aromatic nitrogens is 2. The monoisotopic (exact) mass is 530 g/mol. The van der Waals surface area contributed by atoms with Crippen molar-refractivity contribution in [1.29, 1.82) is 0 Å². The lowest BCUT2D eigenvalue weighted by Gasteiger charge is -2.12. The lowest BCUT2D eigenvalue weighted by atomic mass is 10.1. The molecule has 0 saturated carbocycles. The molecular formula is C33H22N8. The maximum absolute atomic E-state index is 5.17. The highest BCUT2D eigenvalue weighted by atomic mass is 15.2. The van der Waals surface area contributed by atoms with Gasteiger partial charge in [0.15, 0.2) is 17.5 Å². The van der Waals surface area contributed by atoms with E-state index in [2.05, 4.69) is 52.8 Å². The van der Waals surface area contributed by atoms with Gasteiger partial charge in [-0.2, -0.15) is 0 Å². The van der Waals surface area contributed by atoms with E-state index in [0.29, 0.717) is 17.5 Å². The van der Waals surface area contributed by atoms with Gasteiger partial charge in [-0.1, -0.05) is 97.1 Å². The Morgan fingerprint density at radius 2 is 1.12 bits per heavy atom. The molecule has 2 aromatic heterocycles. The third kappa shape index (κ3) is 3.18. The molecule has 0 aliphatic carbocycles.